The van der Waals surface area contributed by atoms with Crippen LogP contribution in [0.5, 0.6) is 0 Å². The summed E-state index contributed by atoms with van der Waals surface area (Å²) in [6.45, 7) is 10.3. The van der Waals surface area contributed by atoms with Crippen molar-refractivity contribution in [2.45, 2.75) is 97.3 Å². The van der Waals surface area contributed by atoms with Gasteiger partial charge in [0.1, 0.15) is 0 Å². The fraction of sp³-hybridized carbons (Fsp3) is 0.941. The summed E-state index contributed by atoms with van der Waals surface area (Å²) in [4.78, 5) is 11.8. The molecule has 0 aromatic rings. The second-order valence-electron chi connectivity index (χ2n) is 6.76. The van der Waals surface area contributed by atoms with Crippen molar-refractivity contribution in [3.8, 4) is 0 Å². The SMILES string of the molecule is CCCCCCCC(=O)NC(C)COC(C)(C)CC(C)O. The summed E-state index contributed by atoms with van der Waals surface area (Å²) in [6.07, 6.45) is 6.60. The monoisotopic (exact) mass is 301 g/mol. The lowest BCUT2D eigenvalue weighted by Crippen LogP contribution is -2.39. The first kappa shape index (κ1) is 20.4. The summed E-state index contributed by atoms with van der Waals surface area (Å²) in [6, 6.07) is 0.00131. The molecule has 21 heavy (non-hydrogen) atoms. The predicted molar refractivity (Wildman–Crippen MR) is 87.3 cm³/mol. The normalized spacial score (nSPS) is 14.8. The maximum Gasteiger partial charge on any atom is 0.220 e. The molecule has 0 aliphatic carbocycles. The Morgan fingerprint density at radius 2 is 1.81 bits per heavy atom. The highest BCUT2D eigenvalue weighted by atomic mass is 16.5. The molecule has 0 aromatic carbocycles. The lowest BCUT2D eigenvalue weighted by Gasteiger charge is -2.28. The van der Waals surface area contributed by atoms with Crippen molar-refractivity contribution in [3.63, 3.8) is 0 Å². The van der Waals surface area contributed by atoms with E-state index in [1.54, 1.807) is 6.92 Å². The fourth-order valence-corrected chi connectivity index (χ4v) is 2.40. The molecule has 0 bridgehead atoms. The van der Waals surface area contributed by atoms with Crippen LogP contribution in [-0.4, -0.2) is 35.4 Å². The van der Waals surface area contributed by atoms with Crippen molar-refractivity contribution in [3.05, 3.63) is 0 Å². The van der Waals surface area contributed by atoms with Crippen molar-refractivity contribution in [2.75, 3.05) is 6.61 Å². The summed E-state index contributed by atoms with van der Waals surface area (Å²) >= 11 is 0. The molecule has 4 nitrogen and oxygen atoms in total. The van der Waals surface area contributed by atoms with Crippen LogP contribution in [0.2, 0.25) is 0 Å². The van der Waals surface area contributed by atoms with E-state index >= 15 is 0 Å². The summed E-state index contributed by atoms with van der Waals surface area (Å²) in [5.41, 5.74) is -0.368. The van der Waals surface area contributed by atoms with Crippen molar-refractivity contribution in [1.29, 1.82) is 0 Å². The first-order valence-corrected chi connectivity index (χ1v) is 8.38. The Morgan fingerprint density at radius 3 is 2.38 bits per heavy atom. The predicted octanol–water partition coefficient (Wildman–Crippen LogP) is 3.42. The molecule has 0 rings (SSSR count). The summed E-state index contributed by atoms with van der Waals surface area (Å²) < 4.78 is 5.79. The lowest BCUT2D eigenvalue weighted by atomic mass is 10.0. The number of hydrogen-bond acceptors (Lipinski definition) is 3. The summed E-state index contributed by atoms with van der Waals surface area (Å²) in [5.74, 6) is 0.107. The van der Waals surface area contributed by atoms with Gasteiger partial charge < -0.3 is 15.2 Å². The van der Waals surface area contributed by atoms with Crippen LogP contribution in [0, 0.1) is 0 Å². The Bertz CT molecular complexity index is 277. The van der Waals surface area contributed by atoms with Gasteiger partial charge in [-0.1, -0.05) is 32.6 Å². The molecule has 0 fully saturated rings. The molecule has 2 N–H and O–H groups in total. The van der Waals surface area contributed by atoms with E-state index in [2.05, 4.69) is 12.2 Å². The third-order valence-corrected chi connectivity index (χ3v) is 3.43. The number of unbranched alkanes of at least 4 members (excludes halogenated alkanes) is 4. The van der Waals surface area contributed by atoms with Gasteiger partial charge in [0.2, 0.25) is 5.91 Å². The number of hydrogen-bond donors (Lipinski definition) is 2. The van der Waals surface area contributed by atoms with Crippen molar-refractivity contribution < 1.29 is 14.6 Å². The minimum absolute atomic E-state index is 0.00131. The van der Waals surface area contributed by atoms with Crippen LogP contribution < -0.4 is 5.32 Å². The molecule has 0 saturated carbocycles. The van der Waals surface area contributed by atoms with E-state index in [4.69, 9.17) is 4.74 Å². The second kappa shape index (κ2) is 11.0. The van der Waals surface area contributed by atoms with Crippen LogP contribution in [-0.2, 0) is 9.53 Å². The zero-order valence-corrected chi connectivity index (χ0v) is 14.6. The number of ether oxygens (including phenoxy) is 1. The smallest absolute Gasteiger partial charge is 0.220 e. The van der Waals surface area contributed by atoms with Gasteiger partial charge >= 0.3 is 0 Å². The summed E-state index contributed by atoms with van der Waals surface area (Å²) in [5, 5.41) is 12.4. The van der Waals surface area contributed by atoms with Gasteiger partial charge in [-0.2, -0.15) is 0 Å². The van der Waals surface area contributed by atoms with Gasteiger partial charge in [-0.25, -0.2) is 0 Å². The Labute approximate surface area is 130 Å². The molecular weight excluding hydrogens is 266 g/mol. The van der Waals surface area contributed by atoms with E-state index in [9.17, 15) is 9.90 Å². The van der Waals surface area contributed by atoms with E-state index in [1.165, 1.54) is 19.3 Å². The standard InChI is InChI=1S/C17H35NO3/c1-6-7-8-9-10-11-16(20)18-14(2)13-21-17(4,5)12-15(3)19/h14-15,19H,6-13H2,1-5H3,(H,18,20). The number of aliphatic hydroxyl groups is 1. The molecule has 4 heteroatoms. The molecule has 2 unspecified atom stereocenters. The highest BCUT2D eigenvalue weighted by Gasteiger charge is 2.22. The Balaban J connectivity index is 3.77. The van der Waals surface area contributed by atoms with Gasteiger partial charge in [-0.3, -0.25) is 4.79 Å². The Kier molecular flexibility index (Phi) is 10.7. The zero-order valence-electron chi connectivity index (χ0n) is 14.6. The van der Waals surface area contributed by atoms with E-state index in [0.717, 1.165) is 12.8 Å². The van der Waals surface area contributed by atoms with Gasteiger partial charge in [0, 0.05) is 18.9 Å². The Hall–Kier alpha value is -0.610. The summed E-state index contributed by atoms with van der Waals surface area (Å²) in [7, 11) is 0. The minimum atomic E-state index is -0.381. The van der Waals surface area contributed by atoms with Crippen LogP contribution >= 0.6 is 0 Å². The molecular formula is C17H35NO3. The molecule has 0 spiro atoms. The number of aliphatic hydroxyl groups excluding tert-OH is 1. The number of amides is 1. The molecule has 0 heterocycles. The fourth-order valence-electron chi connectivity index (χ4n) is 2.40. The zero-order chi connectivity index (χ0) is 16.3. The quantitative estimate of drug-likeness (QED) is 0.543. The van der Waals surface area contributed by atoms with E-state index in [0.29, 0.717) is 19.4 Å². The molecule has 0 aliphatic rings. The van der Waals surface area contributed by atoms with Crippen LogP contribution in [0.3, 0.4) is 0 Å². The maximum absolute atomic E-state index is 11.8. The van der Waals surface area contributed by atoms with Crippen LogP contribution in [0.25, 0.3) is 0 Å². The number of carbonyl (C=O) groups is 1. The maximum atomic E-state index is 11.8. The first-order valence-electron chi connectivity index (χ1n) is 8.38. The molecule has 1 amide bonds. The van der Waals surface area contributed by atoms with Gasteiger partial charge in [-0.05, 0) is 34.1 Å². The highest BCUT2D eigenvalue weighted by Crippen LogP contribution is 2.17. The van der Waals surface area contributed by atoms with E-state index in [-0.39, 0.29) is 23.7 Å². The molecule has 0 aliphatic heterocycles. The molecule has 2 atom stereocenters. The van der Waals surface area contributed by atoms with Gasteiger partial charge in [-0.15, -0.1) is 0 Å². The molecule has 126 valence electrons. The van der Waals surface area contributed by atoms with E-state index < -0.39 is 0 Å². The largest absolute Gasteiger partial charge is 0.393 e. The lowest BCUT2D eigenvalue weighted by molar-refractivity contribution is -0.123. The molecule has 0 saturated heterocycles. The number of rotatable bonds is 12. The van der Waals surface area contributed by atoms with Gasteiger partial charge in [0.25, 0.3) is 0 Å². The van der Waals surface area contributed by atoms with Crippen LogP contribution in [0.4, 0.5) is 0 Å². The van der Waals surface area contributed by atoms with Gasteiger partial charge in [0.05, 0.1) is 18.3 Å². The van der Waals surface area contributed by atoms with Crippen molar-refractivity contribution in [1.82, 2.24) is 5.32 Å². The van der Waals surface area contributed by atoms with Crippen LogP contribution in [0.1, 0.15) is 79.6 Å². The van der Waals surface area contributed by atoms with Gasteiger partial charge in [0.15, 0.2) is 0 Å². The average Bonchev–Trinajstić information content (AvgIpc) is 2.35. The average molecular weight is 301 g/mol. The topological polar surface area (TPSA) is 58.6 Å². The third kappa shape index (κ3) is 12.8. The Morgan fingerprint density at radius 1 is 1.19 bits per heavy atom. The second-order valence-corrected chi connectivity index (χ2v) is 6.76. The first-order chi connectivity index (χ1) is 9.76. The highest BCUT2D eigenvalue weighted by molar-refractivity contribution is 5.76. The van der Waals surface area contributed by atoms with Crippen LogP contribution in [0.15, 0.2) is 0 Å². The number of nitrogens with one attached hydrogen (secondary N) is 1. The minimum Gasteiger partial charge on any atom is -0.393 e. The van der Waals surface area contributed by atoms with Crippen molar-refractivity contribution in [2.24, 2.45) is 0 Å². The van der Waals surface area contributed by atoms with Crippen molar-refractivity contribution >= 4 is 5.91 Å². The number of carbonyl (C=O) groups excluding carboxylic acids is 1. The molecule has 0 aromatic heterocycles. The van der Waals surface area contributed by atoms with E-state index in [1.807, 2.05) is 20.8 Å². The third-order valence-electron chi connectivity index (χ3n) is 3.43. The molecule has 0 radical (unpaired) electrons.